The number of hydrogen-bond donors (Lipinski definition) is 2. The summed E-state index contributed by atoms with van der Waals surface area (Å²) in [6.45, 7) is 1.98. The molecule has 1 aliphatic carbocycles. The molecule has 1 heterocycles. The van der Waals surface area contributed by atoms with Gasteiger partial charge in [-0.1, -0.05) is 23.7 Å². The van der Waals surface area contributed by atoms with Crippen LogP contribution < -0.4 is 10.6 Å². The fraction of sp³-hybridized carbons (Fsp3) is 0.500. The molecule has 2 fully saturated rings. The van der Waals surface area contributed by atoms with Gasteiger partial charge in [-0.3, -0.25) is 4.79 Å². The minimum atomic E-state index is -0.384. The Morgan fingerprint density at radius 1 is 1.45 bits per heavy atom. The molecule has 1 aromatic carbocycles. The summed E-state index contributed by atoms with van der Waals surface area (Å²) in [5.74, 6) is -0.0373. The minimum Gasteiger partial charge on any atom is -0.366 e. The Morgan fingerprint density at radius 3 is 2.85 bits per heavy atom. The monoisotopic (exact) mass is 316 g/mol. The van der Waals surface area contributed by atoms with Gasteiger partial charge in [0.15, 0.2) is 0 Å². The van der Waals surface area contributed by atoms with E-state index in [-0.39, 0.29) is 30.0 Å². The predicted molar refractivity (Wildman–Crippen MR) is 80.4 cm³/mol. The zero-order valence-electron chi connectivity index (χ0n) is 11.0. The third-order valence-electron chi connectivity index (χ3n) is 3.71. The molecule has 1 saturated carbocycles. The molecule has 1 amide bonds. The molecule has 110 valence electrons. The maximum Gasteiger partial charge on any atom is 0.251 e. The van der Waals surface area contributed by atoms with E-state index in [9.17, 15) is 4.79 Å². The van der Waals surface area contributed by atoms with Crippen molar-refractivity contribution in [1.29, 1.82) is 0 Å². The van der Waals surface area contributed by atoms with Crippen LogP contribution >= 0.6 is 24.0 Å². The van der Waals surface area contributed by atoms with E-state index in [1.54, 1.807) is 0 Å². The number of morpholine rings is 1. The van der Waals surface area contributed by atoms with Crippen LogP contribution in [0.2, 0.25) is 5.02 Å². The molecule has 0 aromatic heterocycles. The van der Waals surface area contributed by atoms with E-state index in [1.807, 2.05) is 24.3 Å². The van der Waals surface area contributed by atoms with Gasteiger partial charge in [-0.25, -0.2) is 0 Å². The number of carbonyl (C=O) groups is 1. The van der Waals surface area contributed by atoms with Crippen molar-refractivity contribution in [2.45, 2.75) is 24.5 Å². The topological polar surface area (TPSA) is 50.4 Å². The van der Waals surface area contributed by atoms with Crippen molar-refractivity contribution in [2.24, 2.45) is 0 Å². The number of ether oxygens (including phenoxy) is 1. The minimum absolute atomic E-state index is 0. The van der Waals surface area contributed by atoms with Crippen molar-refractivity contribution in [3.63, 3.8) is 0 Å². The number of amides is 1. The van der Waals surface area contributed by atoms with Crippen LogP contribution in [0.15, 0.2) is 24.3 Å². The van der Waals surface area contributed by atoms with Crippen LogP contribution in [0.4, 0.5) is 0 Å². The first-order valence-electron chi connectivity index (χ1n) is 6.60. The second-order valence-electron chi connectivity index (χ2n) is 5.15. The first-order valence-corrected chi connectivity index (χ1v) is 6.98. The molecule has 0 bridgehead atoms. The number of rotatable bonds is 3. The number of halogens is 2. The van der Waals surface area contributed by atoms with Gasteiger partial charge >= 0.3 is 0 Å². The number of carbonyl (C=O) groups excluding carboxylic acids is 1. The predicted octanol–water partition coefficient (Wildman–Crippen LogP) is 1.86. The molecule has 6 heteroatoms. The van der Waals surface area contributed by atoms with Crippen LogP contribution in [0.25, 0.3) is 0 Å². The average Bonchev–Trinajstić information content (AvgIpc) is 3.21. The molecule has 1 unspecified atom stereocenters. The standard InChI is InChI=1S/C14H17ClN2O2.ClH/c15-11-3-1-2-10(8-11)14(4-5-14)17-13(18)12-9-16-6-7-19-12;/h1-3,8,12,16H,4-7,9H2,(H,17,18);1H. The lowest BCUT2D eigenvalue weighted by Gasteiger charge is -2.26. The molecule has 0 spiro atoms. The maximum absolute atomic E-state index is 12.2. The van der Waals surface area contributed by atoms with Crippen LogP contribution in [0.3, 0.4) is 0 Å². The second kappa shape index (κ2) is 6.31. The fourth-order valence-corrected chi connectivity index (χ4v) is 2.64. The van der Waals surface area contributed by atoms with Crippen LogP contribution in [-0.2, 0) is 15.1 Å². The van der Waals surface area contributed by atoms with E-state index in [2.05, 4.69) is 10.6 Å². The van der Waals surface area contributed by atoms with Gasteiger partial charge in [0.05, 0.1) is 12.1 Å². The normalized spacial score (nSPS) is 23.6. The quantitative estimate of drug-likeness (QED) is 0.895. The van der Waals surface area contributed by atoms with E-state index in [1.165, 1.54) is 0 Å². The van der Waals surface area contributed by atoms with Crippen molar-refractivity contribution < 1.29 is 9.53 Å². The molecule has 0 radical (unpaired) electrons. The lowest BCUT2D eigenvalue weighted by atomic mass is 10.0. The summed E-state index contributed by atoms with van der Waals surface area (Å²) in [4.78, 5) is 12.2. The maximum atomic E-state index is 12.2. The zero-order chi connectivity index (χ0) is 13.3. The number of nitrogens with one attached hydrogen (secondary N) is 2. The summed E-state index contributed by atoms with van der Waals surface area (Å²) in [6.07, 6.45) is 1.53. The van der Waals surface area contributed by atoms with Crippen molar-refractivity contribution in [2.75, 3.05) is 19.7 Å². The number of hydrogen-bond acceptors (Lipinski definition) is 3. The van der Waals surface area contributed by atoms with E-state index in [0.29, 0.717) is 18.2 Å². The summed E-state index contributed by atoms with van der Waals surface area (Å²) in [7, 11) is 0. The van der Waals surface area contributed by atoms with E-state index in [0.717, 1.165) is 24.9 Å². The van der Waals surface area contributed by atoms with Crippen LogP contribution in [-0.4, -0.2) is 31.7 Å². The molecule has 4 nitrogen and oxygen atoms in total. The Balaban J connectivity index is 0.00000147. The molecule has 1 atom stereocenters. The van der Waals surface area contributed by atoms with Crippen molar-refractivity contribution in [1.82, 2.24) is 10.6 Å². The third kappa shape index (κ3) is 3.26. The van der Waals surface area contributed by atoms with Gasteiger partial charge < -0.3 is 15.4 Å². The summed E-state index contributed by atoms with van der Waals surface area (Å²) in [5.41, 5.74) is 0.847. The SMILES string of the molecule is Cl.O=C(NC1(c2cccc(Cl)c2)CC1)C1CNCCO1. The van der Waals surface area contributed by atoms with Crippen molar-refractivity contribution in [3.8, 4) is 0 Å². The lowest BCUT2D eigenvalue weighted by molar-refractivity contribution is -0.135. The summed E-state index contributed by atoms with van der Waals surface area (Å²) in [5, 5.41) is 6.98. The molecule has 1 saturated heterocycles. The zero-order valence-corrected chi connectivity index (χ0v) is 12.6. The molecular weight excluding hydrogens is 299 g/mol. The highest BCUT2D eigenvalue weighted by Crippen LogP contribution is 2.46. The second-order valence-corrected chi connectivity index (χ2v) is 5.58. The molecule has 2 N–H and O–H groups in total. The molecule has 1 aromatic rings. The van der Waals surface area contributed by atoms with Gasteiger partial charge in [0, 0.05) is 18.1 Å². The van der Waals surface area contributed by atoms with E-state index >= 15 is 0 Å². The van der Waals surface area contributed by atoms with Crippen molar-refractivity contribution >= 4 is 29.9 Å². The highest BCUT2D eigenvalue weighted by molar-refractivity contribution is 6.30. The molecular formula is C14H18Cl2N2O2. The Hall–Kier alpha value is -0.810. The van der Waals surface area contributed by atoms with Gasteiger partial charge in [0.25, 0.3) is 5.91 Å². The average molecular weight is 317 g/mol. The molecule has 20 heavy (non-hydrogen) atoms. The smallest absolute Gasteiger partial charge is 0.251 e. The first-order chi connectivity index (χ1) is 9.20. The molecule has 2 aliphatic rings. The lowest BCUT2D eigenvalue weighted by Crippen LogP contribution is -2.50. The van der Waals surface area contributed by atoms with Gasteiger partial charge in [-0.05, 0) is 30.5 Å². The summed E-state index contributed by atoms with van der Waals surface area (Å²) >= 11 is 6.02. The largest absolute Gasteiger partial charge is 0.366 e. The van der Waals surface area contributed by atoms with Gasteiger partial charge in [-0.15, -0.1) is 12.4 Å². The van der Waals surface area contributed by atoms with Crippen LogP contribution in [0.5, 0.6) is 0 Å². The summed E-state index contributed by atoms with van der Waals surface area (Å²) in [6, 6.07) is 7.70. The highest BCUT2D eigenvalue weighted by Gasteiger charge is 2.46. The summed E-state index contributed by atoms with van der Waals surface area (Å²) < 4.78 is 5.47. The fourth-order valence-electron chi connectivity index (χ4n) is 2.45. The van der Waals surface area contributed by atoms with Crippen molar-refractivity contribution in [3.05, 3.63) is 34.9 Å². The Labute approximate surface area is 129 Å². The molecule has 1 aliphatic heterocycles. The van der Waals surface area contributed by atoms with Gasteiger partial charge in [0.2, 0.25) is 0 Å². The first kappa shape index (κ1) is 15.6. The van der Waals surface area contributed by atoms with Gasteiger partial charge in [0.1, 0.15) is 6.10 Å². The Kier molecular flexibility index (Phi) is 4.91. The Bertz CT molecular complexity index is 486. The van der Waals surface area contributed by atoms with Crippen LogP contribution in [0.1, 0.15) is 18.4 Å². The third-order valence-corrected chi connectivity index (χ3v) is 3.94. The van der Waals surface area contributed by atoms with Gasteiger partial charge in [-0.2, -0.15) is 0 Å². The highest BCUT2D eigenvalue weighted by atomic mass is 35.5. The van der Waals surface area contributed by atoms with E-state index in [4.69, 9.17) is 16.3 Å². The Morgan fingerprint density at radius 2 is 2.25 bits per heavy atom. The number of benzene rings is 1. The molecule has 3 rings (SSSR count). The van der Waals surface area contributed by atoms with E-state index < -0.39 is 0 Å². The van der Waals surface area contributed by atoms with Crippen LogP contribution in [0, 0.1) is 0 Å².